The number of benzene rings is 3. The average molecular weight is 419 g/mol. The molecule has 155 valence electrons. The molecule has 0 aromatic heterocycles. The van der Waals surface area contributed by atoms with Crippen molar-refractivity contribution in [2.75, 3.05) is 6.61 Å². The first-order valence-electron chi connectivity index (χ1n) is 10.1. The summed E-state index contributed by atoms with van der Waals surface area (Å²) in [6, 6.07) is 27.5. The Morgan fingerprint density at radius 1 is 0.833 bits per heavy atom. The van der Waals surface area contributed by atoms with Crippen LogP contribution in [-0.4, -0.2) is 38.9 Å². The number of rotatable bonds is 8. The summed E-state index contributed by atoms with van der Waals surface area (Å²) in [5.74, 6) is 0.589. The molecule has 3 aromatic rings. The van der Waals surface area contributed by atoms with Crippen LogP contribution in [0.2, 0.25) is 0 Å². The van der Waals surface area contributed by atoms with Crippen LogP contribution in [0.5, 0.6) is 5.75 Å². The van der Waals surface area contributed by atoms with Crippen molar-refractivity contribution in [1.82, 2.24) is 0 Å². The van der Waals surface area contributed by atoms with E-state index in [0.29, 0.717) is 17.8 Å². The minimum Gasteiger partial charge on any atom is -0.491 e. The van der Waals surface area contributed by atoms with Crippen LogP contribution in [0.1, 0.15) is 20.8 Å². The van der Waals surface area contributed by atoms with E-state index < -0.39 is 16.2 Å². The first-order chi connectivity index (χ1) is 14.3. The minimum atomic E-state index is -1.52. The van der Waals surface area contributed by atoms with Gasteiger partial charge in [-0.25, -0.2) is 0 Å². The summed E-state index contributed by atoms with van der Waals surface area (Å²) >= 11 is 0. The highest BCUT2D eigenvalue weighted by Crippen LogP contribution is 2.24. The lowest BCUT2D eigenvalue weighted by Crippen LogP contribution is -2.51. The fourth-order valence-corrected chi connectivity index (χ4v) is 5.32. The van der Waals surface area contributed by atoms with Crippen molar-refractivity contribution in [3.8, 4) is 5.75 Å². The van der Waals surface area contributed by atoms with Crippen molar-refractivity contribution in [3.05, 3.63) is 84.9 Å². The fourth-order valence-electron chi connectivity index (χ4n) is 3.02. The van der Waals surface area contributed by atoms with Gasteiger partial charge in [0.1, 0.15) is 12.4 Å². The molecular weight excluding hydrogens is 391 g/mol. The molecule has 1 radical (unpaired) electrons. The molecule has 0 aliphatic rings. The summed E-state index contributed by atoms with van der Waals surface area (Å²) in [5, 5.41) is 21.2. The van der Waals surface area contributed by atoms with Gasteiger partial charge >= 0.3 is 7.12 Å². The average Bonchev–Trinajstić information content (AvgIpc) is 2.74. The quantitative estimate of drug-likeness (QED) is 0.549. The SMILES string of the molecule is CC(C)(C)C(COc1cccc(B(O)O)c1)O[Si](c1ccccc1)c1ccccc1. The maximum atomic E-state index is 9.41. The summed E-state index contributed by atoms with van der Waals surface area (Å²) in [6.07, 6.45) is -0.158. The highest BCUT2D eigenvalue weighted by Gasteiger charge is 2.32. The summed E-state index contributed by atoms with van der Waals surface area (Å²) in [6.45, 7) is 6.79. The molecular formula is C24H28BO4Si. The van der Waals surface area contributed by atoms with E-state index in [2.05, 4.69) is 45.0 Å². The van der Waals surface area contributed by atoms with E-state index >= 15 is 0 Å². The highest BCUT2D eigenvalue weighted by molar-refractivity contribution is 6.80. The zero-order chi connectivity index (χ0) is 21.6. The van der Waals surface area contributed by atoms with E-state index in [-0.39, 0.29) is 11.5 Å². The summed E-state index contributed by atoms with van der Waals surface area (Å²) in [5.41, 5.74) is 0.257. The van der Waals surface area contributed by atoms with E-state index in [1.807, 2.05) is 42.5 Å². The zero-order valence-electron chi connectivity index (χ0n) is 17.7. The molecule has 1 atom stereocenters. The van der Waals surface area contributed by atoms with Crippen molar-refractivity contribution in [2.45, 2.75) is 26.9 Å². The number of hydrogen-bond acceptors (Lipinski definition) is 4. The van der Waals surface area contributed by atoms with Crippen LogP contribution >= 0.6 is 0 Å². The molecule has 30 heavy (non-hydrogen) atoms. The van der Waals surface area contributed by atoms with Gasteiger partial charge in [0.05, 0.1) is 6.10 Å². The second-order valence-electron chi connectivity index (χ2n) is 8.29. The van der Waals surface area contributed by atoms with Gasteiger partial charge in [-0.1, -0.05) is 93.6 Å². The van der Waals surface area contributed by atoms with Crippen molar-refractivity contribution in [3.63, 3.8) is 0 Å². The monoisotopic (exact) mass is 419 g/mol. The van der Waals surface area contributed by atoms with E-state index in [9.17, 15) is 10.0 Å². The van der Waals surface area contributed by atoms with Gasteiger partial charge in [-0.15, -0.1) is 0 Å². The van der Waals surface area contributed by atoms with E-state index in [1.54, 1.807) is 18.2 Å². The summed E-state index contributed by atoms with van der Waals surface area (Å²) in [4.78, 5) is 0. The Morgan fingerprint density at radius 3 is 1.90 bits per heavy atom. The highest BCUT2D eigenvalue weighted by atomic mass is 28.3. The van der Waals surface area contributed by atoms with Gasteiger partial charge in [-0.3, -0.25) is 0 Å². The van der Waals surface area contributed by atoms with E-state index in [0.717, 1.165) is 0 Å². The first kappa shape index (κ1) is 22.3. The van der Waals surface area contributed by atoms with Crippen LogP contribution in [0.25, 0.3) is 0 Å². The Labute approximate surface area is 181 Å². The molecule has 3 rings (SSSR count). The molecule has 6 heteroatoms. The van der Waals surface area contributed by atoms with Crippen molar-refractivity contribution in [2.24, 2.45) is 5.41 Å². The van der Waals surface area contributed by atoms with Crippen LogP contribution in [0.3, 0.4) is 0 Å². The summed E-state index contributed by atoms with van der Waals surface area (Å²) in [7, 11) is -2.98. The Hall–Kier alpha value is -2.38. The lowest BCUT2D eigenvalue weighted by molar-refractivity contribution is 0.0435. The molecule has 0 saturated heterocycles. The van der Waals surface area contributed by atoms with Gasteiger partial charge in [0.2, 0.25) is 0 Å². The fraction of sp³-hybridized carbons (Fsp3) is 0.250. The van der Waals surface area contributed by atoms with Crippen molar-refractivity contribution >= 4 is 32.0 Å². The van der Waals surface area contributed by atoms with Crippen molar-refractivity contribution in [1.29, 1.82) is 0 Å². The minimum absolute atomic E-state index is 0.145. The third-order valence-corrected chi connectivity index (χ3v) is 7.09. The van der Waals surface area contributed by atoms with Gasteiger partial charge in [0, 0.05) is 0 Å². The Balaban J connectivity index is 1.83. The molecule has 0 bridgehead atoms. The largest absolute Gasteiger partial charge is 0.491 e. The smallest absolute Gasteiger partial charge is 0.488 e. The summed E-state index contributed by atoms with van der Waals surface area (Å²) < 4.78 is 12.8. The van der Waals surface area contributed by atoms with Crippen LogP contribution in [0.15, 0.2) is 84.9 Å². The Morgan fingerprint density at radius 2 is 1.40 bits per heavy atom. The molecule has 0 fully saturated rings. The molecule has 0 spiro atoms. The maximum absolute atomic E-state index is 9.41. The molecule has 0 heterocycles. The molecule has 0 amide bonds. The molecule has 0 aliphatic carbocycles. The molecule has 0 saturated carbocycles. The third-order valence-electron chi connectivity index (χ3n) is 4.86. The third kappa shape index (κ3) is 6.06. The Bertz CT molecular complexity index is 874. The van der Waals surface area contributed by atoms with Crippen molar-refractivity contribution < 1.29 is 19.2 Å². The lowest BCUT2D eigenvalue weighted by atomic mass is 9.80. The number of ether oxygens (including phenoxy) is 1. The maximum Gasteiger partial charge on any atom is 0.488 e. The normalized spacial score (nSPS) is 12.6. The lowest BCUT2D eigenvalue weighted by Gasteiger charge is -2.34. The predicted octanol–water partition coefficient (Wildman–Crippen LogP) is 1.98. The van der Waals surface area contributed by atoms with Gasteiger partial charge in [-0.05, 0) is 33.4 Å². The van der Waals surface area contributed by atoms with Gasteiger partial charge < -0.3 is 19.2 Å². The molecule has 0 aliphatic heterocycles. The standard InChI is InChI=1S/C24H28BO4Si/c1-24(2,3)23(18-28-20-12-10-11-19(17-20)25(26)27)29-30(21-13-6-4-7-14-21)22-15-8-5-9-16-22/h4-17,23,26-27H,18H2,1-3H3. The molecule has 1 unspecified atom stereocenters. The number of hydrogen-bond donors (Lipinski definition) is 2. The topological polar surface area (TPSA) is 58.9 Å². The van der Waals surface area contributed by atoms with Crippen LogP contribution in [-0.2, 0) is 4.43 Å². The zero-order valence-corrected chi connectivity index (χ0v) is 18.7. The van der Waals surface area contributed by atoms with Crippen LogP contribution in [0, 0.1) is 5.41 Å². The Kier molecular flexibility index (Phi) is 7.50. The molecule has 2 N–H and O–H groups in total. The first-order valence-corrected chi connectivity index (χ1v) is 11.5. The van der Waals surface area contributed by atoms with Gasteiger partial charge in [-0.2, -0.15) is 0 Å². The molecule has 4 nitrogen and oxygen atoms in total. The van der Waals surface area contributed by atoms with Gasteiger partial charge in [0.15, 0.2) is 0 Å². The van der Waals surface area contributed by atoms with Crippen LogP contribution < -0.4 is 20.6 Å². The van der Waals surface area contributed by atoms with E-state index in [1.165, 1.54) is 10.4 Å². The van der Waals surface area contributed by atoms with E-state index in [4.69, 9.17) is 9.16 Å². The van der Waals surface area contributed by atoms with Gasteiger partial charge in [0.25, 0.3) is 9.04 Å². The molecule has 3 aromatic carbocycles. The second-order valence-corrected chi connectivity index (χ2v) is 10.3. The van der Waals surface area contributed by atoms with Crippen LogP contribution in [0.4, 0.5) is 0 Å². The predicted molar refractivity (Wildman–Crippen MR) is 124 cm³/mol. The second kappa shape index (κ2) is 10.1.